The predicted octanol–water partition coefficient (Wildman–Crippen LogP) is 1.66. The summed E-state index contributed by atoms with van der Waals surface area (Å²) in [5.41, 5.74) is 1.77. The lowest BCUT2D eigenvalue weighted by molar-refractivity contribution is -0.137. The number of aliphatic carboxylic acids is 1. The second-order valence-corrected chi connectivity index (χ2v) is 4.05. The van der Waals surface area contributed by atoms with Crippen LogP contribution >= 0.6 is 0 Å². The molecule has 0 radical (unpaired) electrons. The molecule has 2 rings (SSSR count). The molecule has 0 saturated carbocycles. The molecule has 0 fully saturated rings. The van der Waals surface area contributed by atoms with Crippen LogP contribution in [0.3, 0.4) is 0 Å². The summed E-state index contributed by atoms with van der Waals surface area (Å²) in [5, 5.41) is 8.60. The number of carbonyl (C=O) groups is 1. The average molecular weight is 223 g/mol. The van der Waals surface area contributed by atoms with Gasteiger partial charge in [-0.25, -0.2) is 4.39 Å². The van der Waals surface area contributed by atoms with Crippen molar-refractivity contribution in [3.8, 4) is 0 Å². The van der Waals surface area contributed by atoms with E-state index in [4.69, 9.17) is 5.11 Å². The first-order valence-electron chi connectivity index (χ1n) is 5.37. The number of halogens is 1. The smallest absolute Gasteiger partial charge is 0.304 e. The van der Waals surface area contributed by atoms with Gasteiger partial charge in [0.2, 0.25) is 0 Å². The molecule has 1 aliphatic heterocycles. The number of carboxylic acids is 1. The minimum atomic E-state index is -0.787. The number of nitrogens with zero attached hydrogens (tertiary/aromatic N) is 1. The van der Waals surface area contributed by atoms with Gasteiger partial charge in [0.15, 0.2) is 0 Å². The summed E-state index contributed by atoms with van der Waals surface area (Å²) < 4.78 is 13.4. The maximum Gasteiger partial charge on any atom is 0.304 e. The molecule has 1 aliphatic rings. The predicted molar refractivity (Wildman–Crippen MR) is 57.6 cm³/mol. The van der Waals surface area contributed by atoms with E-state index >= 15 is 0 Å². The van der Waals surface area contributed by atoms with Crippen molar-refractivity contribution in [2.45, 2.75) is 19.4 Å². The highest BCUT2D eigenvalue weighted by Gasteiger charge is 2.18. The molecule has 0 aliphatic carbocycles. The van der Waals surface area contributed by atoms with Gasteiger partial charge in [-0.2, -0.15) is 0 Å². The zero-order chi connectivity index (χ0) is 11.5. The van der Waals surface area contributed by atoms with Gasteiger partial charge in [-0.15, -0.1) is 0 Å². The zero-order valence-corrected chi connectivity index (χ0v) is 8.95. The van der Waals surface area contributed by atoms with Crippen LogP contribution in [-0.2, 0) is 17.8 Å². The highest BCUT2D eigenvalue weighted by Crippen LogP contribution is 2.21. The van der Waals surface area contributed by atoms with Crippen LogP contribution in [0.15, 0.2) is 18.2 Å². The van der Waals surface area contributed by atoms with Crippen LogP contribution in [0.4, 0.5) is 4.39 Å². The van der Waals surface area contributed by atoms with Gasteiger partial charge in [-0.3, -0.25) is 9.69 Å². The van der Waals surface area contributed by atoms with Crippen molar-refractivity contribution < 1.29 is 14.3 Å². The van der Waals surface area contributed by atoms with Gasteiger partial charge in [0, 0.05) is 19.6 Å². The molecule has 0 aromatic heterocycles. The molecule has 16 heavy (non-hydrogen) atoms. The van der Waals surface area contributed by atoms with E-state index in [0.717, 1.165) is 17.7 Å². The molecule has 1 aromatic carbocycles. The topological polar surface area (TPSA) is 40.5 Å². The first kappa shape index (κ1) is 11.1. The van der Waals surface area contributed by atoms with Crippen LogP contribution in [0.25, 0.3) is 0 Å². The minimum Gasteiger partial charge on any atom is -0.481 e. The summed E-state index contributed by atoms with van der Waals surface area (Å²) in [6.45, 7) is 1.92. The van der Waals surface area contributed by atoms with Crippen LogP contribution < -0.4 is 0 Å². The van der Waals surface area contributed by atoms with Gasteiger partial charge in [-0.1, -0.05) is 12.1 Å². The Kier molecular flexibility index (Phi) is 3.19. The third-order valence-corrected chi connectivity index (χ3v) is 2.93. The summed E-state index contributed by atoms with van der Waals surface area (Å²) in [4.78, 5) is 12.5. The maximum absolute atomic E-state index is 13.4. The van der Waals surface area contributed by atoms with Crippen LogP contribution in [0.1, 0.15) is 17.5 Å². The summed E-state index contributed by atoms with van der Waals surface area (Å²) in [6.07, 6.45) is 0.812. The Balaban J connectivity index is 2.04. The third kappa shape index (κ3) is 2.39. The Bertz CT molecular complexity index is 406. The van der Waals surface area contributed by atoms with Crippen LogP contribution in [-0.4, -0.2) is 29.1 Å². The molecule has 86 valence electrons. The van der Waals surface area contributed by atoms with Crippen LogP contribution in [0, 0.1) is 5.82 Å². The monoisotopic (exact) mass is 223 g/mol. The minimum absolute atomic E-state index is 0.143. The van der Waals surface area contributed by atoms with E-state index in [0.29, 0.717) is 19.5 Å². The molecule has 4 heteroatoms. The van der Waals surface area contributed by atoms with E-state index in [2.05, 4.69) is 4.90 Å². The normalized spacial score (nSPS) is 15.8. The fourth-order valence-electron chi connectivity index (χ4n) is 2.07. The van der Waals surface area contributed by atoms with Gasteiger partial charge in [-0.05, 0) is 23.6 Å². The standard InChI is InChI=1S/C12H14FNO2/c13-11-3-1-2-9-8-14(6-4-10(9)11)7-5-12(15)16/h1-3H,4-8H2,(H,15,16). The van der Waals surface area contributed by atoms with E-state index in [9.17, 15) is 9.18 Å². The lowest BCUT2D eigenvalue weighted by Gasteiger charge is -2.28. The van der Waals surface area contributed by atoms with Crippen LogP contribution in [0.5, 0.6) is 0 Å². The Hall–Kier alpha value is -1.42. The van der Waals surface area contributed by atoms with E-state index in [1.165, 1.54) is 6.07 Å². The molecule has 1 aromatic rings. The molecule has 0 amide bonds. The molecule has 1 N–H and O–H groups in total. The van der Waals surface area contributed by atoms with E-state index in [1.807, 2.05) is 6.07 Å². The Morgan fingerprint density at radius 2 is 2.31 bits per heavy atom. The van der Waals surface area contributed by atoms with Crippen molar-refractivity contribution >= 4 is 5.97 Å². The Morgan fingerprint density at radius 3 is 3.06 bits per heavy atom. The van der Waals surface area contributed by atoms with Gasteiger partial charge >= 0.3 is 5.97 Å². The van der Waals surface area contributed by atoms with Crippen molar-refractivity contribution in [2.75, 3.05) is 13.1 Å². The number of rotatable bonds is 3. The molecular formula is C12H14FNO2. The fourth-order valence-corrected chi connectivity index (χ4v) is 2.07. The van der Waals surface area contributed by atoms with Crippen LogP contribution in [0.2, 0.25) is 0 Å². The number of hydrogen-bond donors (Lipinski definition) is 1. The highest BCUT2D eigenvalue weighted by molar-refractivity contribution is 5.66. The van der Waals surface area contributed by atoms with Crippen molar-refractivity contribution in [2.24, 2.45) is 0 Å². The molecule has 0 saturated heterocycles. The van der Waals surface area contributed by atoms with Gasteiger partial charge in [0.1, 0.15) is 5.82 Å². The molecular weight excluding hydrogens is 209 g/mol. The van der Waals surface area contributed by atoms with Crippen molar-refractivity contribution in [3.63, 3.8) is 0 Å². The second-order valence-electron chi connectivity index (χ2n) is 4.05. The third-order valence-electron chi connectivity index (χ3n) is 2.93. The second kappa shape index (κ2) is 4.61. The van der Waals surface area contributed by atoms with Crippen molar-refractivity contribution in [1.29, 1.82) is 0 Å². The van der Waals surface area contributed by atoms with Gasteiger partial charge in [0.25, 0.3) is 0 Å². The van der Waals surface area contributed by atoms with E-state index in [1.54, 1.807) is 6.07 Å². The first-order chi connectivity index (χ1) is 7.66. The van der Waals surface area contributed by atoms with E-state index < -0.39 is 5.97 Å². The van der Waals surface area contributed by atoms with E-state index in [-0.39, 0.29) is 12.2 Å². The average Bonchev–Trinajstić information content (AvgIpc) is 2.26. The van der Waals surface area contributed by atoms with Gasteiger partial charge in [0.05, 0.1) is 6.42 Å². The molecule has 0 atom stereocenters. The SMILES string of the molecule is O=C(O)CCN1CCc2c(F)cccc2C1. The molecule has 0 spiro atoms. The maximum atomic E-state index is 13.4. The number of benzene rings is 1. The molecule has 0 unspecified atom stereocenters. The molecule has 1 heterocycles. The Labute approximate surface area is 93.5 Å². The highest BCUT2D eigenvalue weighted by atomic mass is 19.1. The summed E-state index contributed by atoms with van der Waals surface area (Å²) in [5.74, 6) is -0.930. The van der Waals surface area contributed by atoms with Crippen molar-refractivity contribution in [3.05, 3.63) is 35.1 Å². The largest absolute Gasteiger partial charge is 0.481 e. The van der Waals surface area contributed by atoms with Crippen molar-refractivity contribution in [1.82, 2.24) is 4.90 Å². The lowest BCUT2D eigenvalue weighted by atomic mass is 9.99. The number of fused-ring (bicyclic) bond motifs is 1. The zero-order valence-electron chi connectivity index (χ0n) is 8.95. The fraction of sp³-hybridized carbons (Fsp3) is 0.417. The Morgan fingerprint density at radius 1 is 1.50 bits per heavy atom. The molecule has 3 nitrogen and oxygen atoms in total. The lowest BCUT2D eigenvalue weighted by Crippen LogP contribution is -2.32. The summed E-state index contributed by atoms with van der Waals surface area (Å²) >= 11 is 0. The quantitative estimate of drug-likeness (QED) is 0.847. The summed E-state index contributed by atoms with van der Waals surface area (Å²) in [7, 11) is 0. The first-order valence-corrected chi connectivity index (χ1v) is 5.37. The number of carboxylic acid groups (broad SMARTS) is 1. The number of hydrogen-bond acceptors (Lipinski definition) is 2. The van der Waals surface area contributed by atoms with Gasteiger partial charge < -0.3 is 5.11 Å². The molecule has 0 bridgehead atoms. The summed E-state index contributed by atoms with van der Waals surface area (Å²) in [6, 6.07) is 5.09.